The molecule has 0 spiro atoms. The monoisotopic (exact) mass is 203 g/mol. The average molecular weight is 203 g/mol. The molecule has 5 heteroatoms. The molecule has 66 valence electrons. The molecular formula is C7H9NO2S2. The van der Waals surface area contributed by atoms with Gasteiger partial charge in [-0.05, 0) is 5.75 Å². The van der Waals surface area contributed by atoms with Crippen molar-refractivity contribution in [2.24, 2.45) is 0 Å². The summed E-state index contributed by atoms with van der Waals surface area (Å²) in [7, 11) is 0. The predicted octanol–water partition coefficient (Wildman–Crippen LogP) is 1.88. The molecule has 0 fully saturated rings. The molecule has 0 aromatic carbocycles. The van der Waals surface area contributed by atoms with E-state index in [2.05, 4.69) is 4.98 Å². The van der Waals surface area contributed by atoms with Crippen molar-refractivity contribution in [3.05, 3.63) is 11.1 Å². The zero-order valence-electron chi connectivity index (χ0n) is 6.61. The van der Waals surface area contributed by atoms with Crippen LogP contribution in [0.15, 0.2) is 9.72 Å². The van der Waals surface area contributed by atoms with Gasteiger partial charge in [0.25, 0.3) is 0 Å². The first-order valence-corrected chi connectivity index (χ1v) is 5.38. The zero-order valence-corrected chi connectivity index (χ0v) is 8.24. The Morgan fingerprint density at radius 1 is 1.83 bits per heavy atom. The summed E-state index contributed by atoms with van der Waals surface area (Å²) in [6.45, 7) is 2.04. The second-order valence-electron chi connectivity index (χ2n) is 2.11. The van der Waals surface area contributed by atoms with Crippen LogP contribution in [0, 0.1) is 0 Å². The molecule has 0 amide bonds. The standard InChI is InChI=1S/C7H9NO2S2/c1-2-11-7-8-5(4-12-7)3-6(9)10/h4H,2-3H2,1H3,(H,9,10). The first kappa shape index (κ1) is 9.54. The Balaban J connectivity index is 2.58. The molecular weight excluding hydrogens is 194 g/mol. The fourth-order valence-corrected chi connectivity index (χ4v) is 2.46. The second-order valence-corrected chi connectivity index (χ2v) is 4.48. The Kier molecular flexibility index (Phi) is 3.55. The number of hydrogen-bond donors (Lipinski definition) is 1. The maximum atomic E-state index is 10.3. The highest BCUT2D eigenvalue weighted by atomic mass is 32.2. The average Bonchev–Trinajstić information content (AvgIpc) is 2.36. The van der Waals surface area contributed by atoms with E-state index in [0.29, 0.717) is 5.69 Å². The Bertz CT molecular complexity index is 272. The minimum absolute atomic E-state index is 0.0285. The van der Waals surface area contributed by atoms with E-state index < -0.39 is 5.97 Å². The largest absolute Gasteiger partial charge is 0.481 e. The van der Waals surface area contributed by atoms with Gasteiger partial charge in [-0.2, -0.15) is 0 Å². The van der Waals surface area contributed by atoms with Gasteiger partial charge in [0.15, 0.2) is 0 Å². The highest BCUT2D eigenvalue weighted by Gasteiger charge is 2.05. The summed E-state index contributed by atoms with van der Waals surface area (Å²) in [5.41, 5.74) is 0.656. The van der Waals surface area contributed by atoms with Crippen LogP contribution in [0.2, 0.25) is 0 Å². The molecule has 1 heterocycles. The Hall–Kier alpha value is -0.550. The van der Waals surface area contributed by atoms with Gasteiger partial charge >= 0.3 is 5.97 Å². The molecule has 1 aromatic rings. The Morgan fingerprint density at radius 3 is 3.17 bits per heavy atom. The van der Waals surface area contributed by atoms with Crippen molar-refractivity contribution >= 4 is 29.1 Å². The number of carboxylic acid groups (broad SMARTS) is 1. The van der Waals surface area contributed by atoms with Crippen LogP contribution in [0.3, 0.4) is 0 Å². The summed E-state index contributed by atoms with van der Waals surface area (Å²) in [4.78, 5) is 14.4. The molecule has 1 N–H and O–H groups in total. The van der Waals surface area contributed by atoms with Gasteiger partial charge in [-0.1, -0.05) is 18.7 Å². The van der Waals surface area contributed by atoms with Gasteiger partial charge in [0, 0.05) is 5.38 Å². The summed E-state index contributed by atoms with van der Waals surface area (Å²) in [5.74, 6) is 0.147. The van der Waals surface area contributed by atoms with E-state index >= 15 is 0 Å². The maximum absolute atomic E-state index is 10.3. The summed E-state index contributed by atoms with van der Waals surface area (Å²) in [6.07, 6.45) is 0.0285. The third kappa shape index (κ3) is 2.83. The Labute approximate surface area is 78.8 Å². The number of nitrogens with zero attached hydrogens (tertiary/aromatic N) is 1. The van der Waals surface area contributed by atoms with E-state index in [9.17, 15) is 4.79 Å². The van der Waals surface area contributed by atoms with Crippen LogP contribution in [-0.2, 0) is 11.2 Å². The first-order valence-electron chi connectivity index (χ1n) is 3.51. The van der Waals surface area contributed by atoms with Gasteiger partial charge in [0.05, 0.1) is 12.1 Å². The van der Waals surface area contributed by atoms with Crippen LogP contribution in [0.5, 0.6) is 0 Å². The number of carboxylic acids is 1. The van der Waals surface area contributed by atoms with Crippen molar-refractivity contribution in [3.8, 4) is 0 Å². The fourth-order valence-electron chi connectivity index (χ4n) is 0.714. The first-order chi connectivity index (χ1) is 5.72. The molecule has 1 rings (SSSR count). The van der Waals surface area contributed by atoms with Crippen molar-refractivity contribution in [1.29, 1.82) is 0 Å². The molecule has 12 heavy (non-hydrogen) atoms. The summed E-state index contributed by atoms with van der Waals surface area (Å²) in [5, 5.41) is 10.3. The lowest BCUT2D eigenvalue weighted by molar-refractivity contribution is -0.136. The smallest absolute Gasteiger partial charge is 0.309 e. The molecule has 1 aromatic heterocycles. The van der Waals surface area contributed by atoms with Crippen LogP contribution in [0.1, 0.15) is 12.6 Å². The zero-order chi connectivity index (χ0) is 8.97. The fraction of sp³-hybridized carbons (Fsp3) is 0.429. The van der Waals surface area contributed by atoms with Crippen LogP contribution in [-0.4, -0.2) is 21.8 Å². The van der Waals surface area contributed by atoms with Crippen molar-refractivity contribution in [1.82, 2.24) is 4.98 Å². The van der Waals surface area contributed by atoms with Gasteiger partial charge in [-0.15, -0.1) is 11.3 Å². The Morgan fingerprint density at radius 2 is 2.58 bits per heavy atom. The van der Waals surface area contributed by atoms with E-state index in [1.54, 1.807) is 17.1 Å². The molecule has 0 unspecified atom stereocenters. The normalized spacial score (nSPS) is 10.1. The minimum Gasteiger partial charge on any atom is -0.481 e. The van der Waals surface area contributed by atoms with Gasteiger partial charge < -0.3 is 5.11 Å². The van der Waals surface area contributed by atoms with Crippen molar-refractivity contribution in [2.45, 2.75) is 17.7 Å². The molecule has 0 aliphatic rings. The molecule has 0 radical (unpaired) electrons. The predicted molar refractivity (Wildman–Crippen MR) is 49.9 cm³/mol. The van der Waals surface area contributed by atoms with Crippen LogP contribution in [0.4, 0.5) is 0 Å². The summed E-state index contributed by atoms with van der Waals surface area (Å²) >= 11 is 3.14. The van der Waals surface area contributed by atoms with E-state index in [0.717, 1.165) is 10.1 Å². The van der Waals surface area contributed by atoms with Crippen molar-refractivity contribution in [3.63, 3.8) is 0 Å². The van der Waals surface area contributed by atoms with E-state index in [4.69, 9.17) is 5.11 Å². The van der Waals surface area contributed by atoms with Gasteiger partial charge in [-0.3, -0.25) is 4.79 Å². The number of aromatic nitrogens is 1. The number of aliphatic carboxylic acids is 1. The number of carbonyl (C=O) groups is 1. The molecule has 0 atom stereocenters. The minimum atomic E-state index is -0.826. The lowest BCUT2D eigenvalue weighted by atomic mass is 10.3. The number of rotatable bonds is 4. The number of hydrogen-bond acceptors (Lipinski definition) is 4. The summed E-state index contributed by atoms with van der Waals surface area (Å²) < 4.78 is 0.953. The molecule has 0 bridgehead atoms. The third-order valence-electron chi connectivity index (χ3n) is 1.13. The lowest BCUT2D eigenvalue weighted by Crippen LogP contribution is -1.99. The highest BCUT2D eigenvalue weighted by Crippen LogP contribution is 2.22. The van der Waals surface area contributed by atoms with Crippen molar-refractivity contribution < 1.29 is 9.90 Å². The SMILES string of the molecule is CCSc1nc(CC(=O)O)cs1. The number of thioether (sulfide) groups is 1. The molecule has 0 aliphatic carbocycles. The molecule has 0 saturated heterocycles. The van der Waals surface area contributed by atoms with Gasteiger partial charge in [0.2, 0.25) is 0 Å². The number of thiazole rings is 1. The lowest BCUT2D eigenvalue weighted by Gasteiger charge is -1.88. The van der Waals surface area contributed by atoms with Crippen LogP contribution >= 0.6 is 23.1 Å². The molecule has 3 nitrogen and oxygen atoms in total. The van der Waals surface area contributed by atoms with Crippen LogP contribution in [0.25, 0.3) is 0 Å². The second kappa shape index (κ2) is 4.47. The van der Waals surface area contributed by atoms with E-state index in [1.807, 2.05) is 6.92 Å². The third-order valence-corrected chi connectivity index (χ3v) is 3.08. The van der Waals surface area contributed by atoms with Gasteiger partial charge in [0.1, 0.15) is 4.34 Å². The highest BCUT2D eigenvalue weighted by molar-refractivity contribution is 8.00. The molecule has 0 saturated carbocycles. The van der Waals surface area contributed by atoms with Gasteiger partial charge in [-0.25, -0.2) is 4.98 Å². The quantitative estimate of drug-likeness (QED) is 0.759. The van der Waals surface area contributed by atoms with E-state index in [1.165, 1.54) is 11.3 Å². The summed E-state index contributed by atoms with van der Waals surface area (Å²) in [6, 6.07) is 0. The van der Waals surface area contributed by atoms with Crippen molar-refractivity contribution in [2.75, 3.05) is 5.75 Å². The topological polar surface area (TPSA) is 50.2 Å². The van der Waals surface area contributed by atoms with Crippen LogP contribution < -0.4 is 0 Å². The molecule has 0 aliphatic heterocycles. The maximum Gasteiger partial charge on any atom is 0.309 e. The van der Waals surface area contributed by atoms with E-state index in [-0.39, 0.29) is 6.42 Å².